The van der Waals surface area contributed by atoms with Crippen LogP contribution in [-0.2, 0) is 6.42 Å². The Bertz CT molecular complexity index is 721. The van der Waals surface area contributed by atoms with Gasteiger partial charge in [0.2, 0.25) is 17.8 Å². The fourth-order valence-electron chi connectivity index (χ4n) is 4.08. The Morgan fingerprint density at radius 1 is 0.889 bits per heavy atom. The first kappa shape index (κ1) is 18.0. The van der Waals surface area contributed by atoms with Crippen LogP contribution in [0.25, 0.3) is 0 Å². The van der Waals surface area contributed by atoms with Gasteiger partial charge in [0.1, 0.15) is 0 Å². The van der Waals surface area contributed by atoms with Crippen LogP contribution in [0.3, 0.4) is 0 Å². The van der Waals surface area contributed by atoms with Gasteiger partial charge in [0.15, 0.2) is 0 Å². The van der Waals surface area contributed by atoms with E-state index in [-0.39, 0.29) is 0 Å². The molecular formula is C21H30N6. The molecule has 0 bridgehead atoms. The van der Waals surface area contributed by atoms with Crippen LogP contribution in [0.5, 0.6) is 0 Å². The Kier molecular flexibility index (Phi) is 5.70. The van der Waals surface area contributed by atoms with E-state index < -0.39 is 0 Å². The average molecular weight is 367 g/mol. The SMILES string of the molecule is CCNc1nc(N2CCCC2)nc(N2CCC(Cc3ccccc3)CC2)n1. The number of hydrogen-bond donors (Lipinski definition) is 1. The molecule has 2 aliphatic heterocycles. The average Bonchev–Trinajstić information content (AvgIpc) is 3.24. The van der Waals surface area contributed by atoms with Crippen molar-refractivity contribution >= 4 is 17.8 Å². The molecule has 0 aliphatic carbocycles. The molecule has 0 unspecified atom stereocenters. The minimum absolute atomic E-state index is 0.704. The molecule has 2 saturated heterocycles. The second-order valence-corrected chi connectivity index (χ2v) is 7.60. The van der Waals surface area contributed by atoms with Gasteiger partial charge in [0, 0.05) is 32.7 Å². The van der Waals surface area contributed by atoms with Gasteiger partial charge in [0.05, 0.1) is 0 Å². The second kappa shape index (κ2) is 8.55. The Balaban J connectivity index is 1.43. The van der Waals surface area contributed by atoms with Crippen LogP contribution in [-0.4, -0.2) is 47.7 Å². The van der Waals surface area contributed by atoms with Gasteiger partial charge in [0.25, 0.3) is 0 Å². The molecule has 0 saturated carbocycles. The summed E-state index contributed by atoms with van der Waals surface area (Å²) in [5.41, 5.74) is 1.45. The number of anilines is 3. The fraction of sp³-hybridized carbons (Fsp3) is 0.571. The first-order chi connectivity index (χ1) is 13.3. The second-order valence-electron chi connectivity index (χ2n) is 7.60. The van der Waals surface area contributed by atoms with Crippen molar-refractivity contribution < 1.29 is 0 Å². The highest BCUT2D eigenvalue weighted by atomic mass is 15.4. The van der Waals surface area contributed by atoms with Gasteiger partial charge in [-0.15, -0.1) is 0 Å². The molecule has 2 fully saturated rings. The summed E-state index contributed by atoms with van der Waals surface area (Å²) in [7, 11) is 0. The first-order valence-electron chi connectivity index (χ1n) is 10.4. The Morgan fingerprint density at radius 3 is 2.15 bits per heavy atom. The summed E-state index contributed by atoms with van der Waals surface area (Å²) in [5, 5.41) is 3.28. The topological polar surface area (TPSA) is 57.2 Å². The normalized spacial score (nSPS) is 18.1. The van der Waals surface area contributed by atoms with Crippen molar-refractivity contribution in [1.82, 2.24) is 15.0 Å². The lowest BCUT2D eigenvalue weighted by Gasteiger charge is -2.32. The van der Waals surface area contributed by atoms with Crippen molar-refractivity contribution in [2.24, 2.45) is 5.92 Å². The highest BCUT2D eigenvalue weighted by Crippen LogP contribution is 2.26. The Labute approximate surface area is 162 Å². The van der Waals surface area contributed by atoms with E-state index in [9.17, 15) is 0 Å². The van der Waals surface area contributed by atoms with E-state index in [2.05, 4.69) is 57.4 Å². The fourth-order valence-corrected chi connectivity index (χ4v) is 4.08. The summed E-state index contributed by atoms with van der Waals surface area (Å²) in [4.78, 5) is 18.8. The lowest BCUT2D eigenvalue weighted by molar-refractivity contribution is 0.400. The standard InChI is InChI=1S/C21H30N6/c1-2-22-19-23-20(26-12-6-7-13-26)25-21(24-19)27-14-10-18(11-15-27)16-17-8-4-3-5-9-17/h3-5,8-9,18H,2,6-7,10-16H2,1H3,(H,22,23,24,25). The van der Waals surface area contributed by atoms with E-state index in [1.54, 1.807) is 0 Å². The van der Waals surface area contributed by atoms with Crippen molar-refractivity contribution in [2.45, 2.75) is 39.0 Å². The maximum absolute atomic E-state index is 4.82. The van der Waals surface area contributed by atoms with Gasteiger partial charge in [-0.1, -0.05) is 30.3 Å². The molecule has 0 radical (unpaired) electrons. The maximum atomic E-state index is 4.82. The molecule has 3 heterocycles. The smallest absolute Gasteiger partial charge is 0.231 e. The molecular weight excluding hydrogens is 336 g/mol. The molecule has 0 atom stereocenters. The number of nitrogens with one attached hydrogen (secondary N) is 1. The lowest BCUT2D eigenvalue weighted by atomic mass is 9.90. The Hall–Kier alpha value is -2.37. The molecule has 4 rings (SSSR count). The summed E-state index contributed by atoms with van der Waals surface area (Å²) in [6, 6.07) is 10.8. The summed E-state index contributed by atoms with van der Waals surface area (Å²) < 4.78 is 0. The third kappa shape index (κ3) is 4.49. The van der Waals surface area contributed by atoms with Crippen LogP contribution in [0.15, 0.2) is 30.3 Å². The Morgan fingerprint density at radius 2 is 1.52 bits per heavy atom. The van der Waals surface area contributed by atoms with E-state index >= 15 is 0 Å². The number of aromatic nitrogens is 3. The minimum atomic E-state index is 0.704. The van der Waals surface area contributed by atoms with Crippen molar-refractivity contribution in [3.8, 4) is 0 Å². The molecule has 6 nitrogen and oxygen atoms in total. The number of piperidine rings is 1. The van der Waals surface area contributed by atoms with Crippen LogP contribution in [0, 0.1) is 5.92 Å². The summed E-state index contributed by atoms with van der Waals surface area (Å²) in [5.74, 6) is 3.12. The molecule has 2 aromatic rings. The van der Waals surface area contributed by atoms with E-state index in [0.717, 1.165) is 50.5 Å². The zero-order valence-electron chi connectivity index (χ0n) is 16.3. The molecule has 144 valence electrons. The van der Waals surface area contributed by atoms with Crippen LogP contribution >= 0.6 is 0 Å². The predicted molar refractivity (Wildman–Crippen MR) is 111 cm³/mol. The van der Waals surface area contributed by atoms with Crippen LogP contribution in [0.1, 0.15) is 38.2 Å². The number of nitrogens with zero attached hydrogens (tertiary/aromatic N) is 5. The van der Waals surface area contributed by atoms with Crippen LogP contribution in [0.4, 0.5) is 17.8 Å². The van der Waals surface area contributed by atoms with Gasteiger partial charge in [-0.25, -0.2) is 0 Å². The molecule has 0 spiro atoms. The minimum Gasteiger partial charge on any atom is -0.354 e. The maximum Gasteiger partial charge on any atom is 0.231 e. The quantitative estimate of drug-likeness (QED) is 0.846. The highest BCUT2D eigenvalue weighted by molar-refractivity contribution is 5.46. The lowest BCUT2D eigenvalue weighted by Crippen LogP contribution is -2.36. The van der Waals surface area contributed by atoms with Gasteiger partial charge >= 0.3 is 0 Å². The summed E-state index contributed by atoms with van der Waals surface area (Å²) in [6.07, 6.45) is 6.00. The summed E-state index contributed by atoms with van der Waals surface area (Å²) >= 11 is 0. The van der Waals surface area contributed by atoms with Crippen LogP contribution in [0.2, 0.25) is 0 Å². The molecule has 1 aromatic carbocycles. The van der Waals surface area contributed by atoms with Crippen molar-refractivity contribution in [3.05, 3.63) is 35.9 Å². The van der Waals surface area contributed by atoms with Crippen molar-refractivity contribution in [1.29, 1.82) is 0 Å². The predicted octanol–water partition coefficient (Wildman–Crippen LogP) is 3.36. The van der Waals surface area contributed by atoms with Gasteiger partial charge in [-0.3, -0.25) is 0 Å². The van der Waals surface area contributed by atoms with E-state index in [0.29, 0.717) is 5.95 Å². The van der Waals surface area contributed by atoms with Crippen molar-refractivity contribution in [3.63, 3.8) is 0 Å². The number of benzene rings is 1. The summed E-state index contributed by atoms with van der Waals surface area (Å²) in [6.45, 7) is 7.04. The molecule has 27 heavy (non-hydrogen) atoms. The molecule has 1 aromatic heterocycles. The van der Waals surface area contributed by atoms with Gasteiger partial charge in [-0.05, 0) is 50.5 Å². The number of rotatable bonds is 6. The highest BCUT2D eigenvalue weighted by Gasteiger charge is 2.24. The van der Waals surface area contributed by atoms with E-state index in [1.165, 1.54) is 37.7 Å². The molecule has 0 amide bonds. The van der Waals surface area contributed by atoms with Crippen molar-refractivity contribution in [2.75, 3.05) is 47.8 Å². The van der Waals surface area contributed by atoms with Gasteiger partial charge < -0.3 is 15.1 Å². The van der Waals surface area contributed by atoms with Gasteiger partial charge in [-0.2, -0.15) is 15.0 Å². The monoisotopic (exact) mass is 366 g/mol. The third-order valence-electron chi connectivity index (χ3n) is 5.60. The first-order valence-corrected chi connectivity index (χ1v) is 10.4. The number of hydrogen-bond acceptors (Lipinski definition) is 6. The molecule has 2 aliphatic rings. The molecule has 1 N–H and O–H groups in total. The zero-order valence-corrected chi connectivity index (χ0v) is 16.3. The largest absolute Gasteiger partial charge is 0.354 e. The third-order valence-corrected chi connectivity index (χ3v) is 5.60. The van der Waals surface area contributed by atoms with Crippen LogP contribution < -0.4 is 15.1 Å². The van der Waals surface area contributed by atoms with E-state index in [4.69, 9.17) is 9.97 Å². The molecule has 6 heteroatoms. The van der Waals surface area contributed by atoms with E-state index in [1.807, 2.05) is 0 Å². The zero-order chi connectivity index (χ0) is 18.5.